The lowest BCUT2D eigenvalue weighted by Crippen LogP contribution is -2.64. The van der Waals surface area contributed by atoms with Crippen LogP contribution in [0.15, 0.2) is 60.7 Å². The van der Waals surface area contributed by atoms with Gasteiger partial charge >= 0.3 is 5.97 Å². The second-order valence-corrected chi connectivity index (χ2v) is 11.7. The molecule has 3 atom stereocenters. The van der Waals surface area contributed by atoms with Crippen LogP contribution in [-0.2, 0) is 9.53 Å². The quantitative estimate of drug-likeness (QED) is 0.500. The number of ether oxygens (including phenoxy) is 1. The zero-order valence-electron chi connectivity index (χ0n) is 20.5. The number of piperidine rings is 1. The number of carbonyl (C=O) groups excluding carboxylic acids is 1. The van der Waals surface area contributed by atoms with Crippen LogP contribution in [0.3, 0.4) is 0 Å². The van der Waals surface area contributed by atoms with E-state index in [2.05, 4.69) is 65.6 Å². The molecule has 0 radical (unpaired) electrons. The second kappa shape index (κ2) is 8.91. The summed E-state index contributed by atoms with van der Waals surface area (Å²) in [6.07, 6.45) is 7.18. The summed E-state index contributed by atoms with van der Waals surface area (Å²) in [6.45, 7) is 8.27. The van der Waals surface area contributed by atoms with E-state index in [1.165, 1.54) is 56.3 Å². The van der Waals surface area contributed by atoms with Crippen LogP contribution in [0.1, 0.15) is 82.3 Å². The molecular formula is C30H39NO2. The molecule has 4 fully saturated rings. The van der Waals surface area contributed by atoms with E-state index in [9.17, 15) is 4.79 Å². The maximum Gasteiger partial charge on any atom is 0.311 e. The summed E-state index contributed by atoms with van der Waals surface area (Å²) < 4.78 is 6.44. The molecule has 176 valence electrons. The maximum absolute atomic E-state index is 13.1. The molecule has 1 heterocycles. The summed E-state index contributed by atoms with van der Waals surface area (Å²) in [5, 5.41) is 0. The van der Waals surface area contributed by atoms with Crippen LogP contribution < -0.4 is 0 Å². The highest BCUT2D eigenvalue weighted by Crippen LogP contribution is 2.61. The Hall–Kier alpha value is -2.13. The van der Waals surface area contributed by atoms with Gasteiger partial charge in [0.05, 0.1) is 5.41 Å². The molecule has 4 aliphatic rings. The van der Waals surface area contributed by atoms with Gasteiger partial charge in [-0.15, -0.1) is 0 Å². The standard InChI is InChI=1S/C30H39NO2/c1-29(2,3)28(32)33-26-21-30(31-17-11-6-12-18-31)19-24(22-13-7-4-8-14-22)27(26)25(20-30)23-15-9-5-10-16-23/h4-5,7-10,13-16,24-27H,6,11-12,17-21H2,1-3H3. The first-order chi connectivity index (χ1) is 15.9. The van der Waals surface area contributed by atoms with Crippen LogP contribution in [-0.4, -0.2) is 35.6 Å². The first-order valence-corrected chi connectivity index (χ1v) is 12.9. The highest BCUT2D eigenvalue weighted by molar-refractivity contribution is 5.75. The fourth-order valence-electron chi connectivity index (χ4n) is 6.92. The Kier molecular flexibility index (Phi) is 6.11. The molecule has 3 aliphatic carbocycles. The number of fused-ring (bicyclic) bond motifs is 3. The monoisotopic (exact) mass is 445 g/mol. The smallest absolute Gasteiger partial charge is 0.311 e. The largest absolute Gasteiger partial charge is 0.462 e. The molecule has 0 aromatic heterocycles. The van der Waals surface area contributed by atoms with E-state index < -0.39 is 5.41 Å². The summed E-state index contributed by atoms with van der Waals surface area (Å²) in [7, 11) is 0. The lowest BCUT2D eigenvalue weighted by Gasteiger charge is -2.62. The number of hydrogen-bond donors (Lipinski definition) is 0. The van der Waals surface area contributed by atoms with Crippen molar-refractivity contribution < 1.29 is 9.53 Å². The zero-order valence-corrected chi connectivity index (χ0v) is 20.5. The van der Waals surface area contributed by atoms with Gasteiger partial charge in [-0.1, -0.05) is 67.1 Å². The lowest BCUT2D eigenvalue weighted by atomic mass is 9.51. The third-order valence-corrected chi connectivity index (χ3v) is 8.49. The summed E-state index contributed by atoms with van der Waals surface area (Å²) in [5.41, 5.74) is 2.42. The van der Waals surface area contributed by atoms with Crippen molar-refractivity contribution in [3.05, 3.63) is 71.8 Å². The molecule has 3 heteroatoms. The number of rotatable bonds is 4. The Morgan fingerprint density at radius 3 is 1.82 bits per heavy atom. The summed E-state index contributed by atoms with van der Waals surface area (Å²) in [6, 6.07) is 22.0. The van der Waals surface area contributed by atoms with E-state index >= 15 is 0 Å². The molecule has 2 bridgehead atoms. The number of benzene rings is 2. The lowest BCUT2D eigenvalue weighted by molar-refractivity contribution is -0.178. The highest BCUT2D eigenvalue weighted by Gasteiger charge is 2.59. The van der Waals surface area contributed by atoms with Gasteiger partial charge in [-0.3, -0.25) is 9.69 Å². The van der Waals surface area contributed by atoms with Crippen molar-refractivity contribution in [1.29, 1.82) is 0 Å². The average Bonchev–Trinajstić information content (AvgIpc) is 2.85. The Labute approximate surface area is 199 Å². The summed E-state index contributed by atoms with van der Waals surface area (Å²) in [4.78, 5) is 15.9. The fourth-order valence-corrected chi connectivity index (χ4v) is 6.92. The summed E-state index contributed by atoms with van der Waals surface area (Å²) in [5.74, 6) is 1.05. The third kappa shape index (κ3) is 4.37. The molecule has 3 unspecified atom stereocenters. The number of hydrogen-bond acceptors (Lipinski definition) is 3. The Bertz CT molecular complexity index is 893. The number of esters is 1. The Morgan fingerprint density at radius 2 is 1.33 bits per heavy atom. The van der Waals surface area contributed by atoms with E-state index in [4.69, 9.17) is 4.74 Å². The third-order valence-electron chi connectivity index (χ3n) is 8.49. The second-order valence-electron chi connectivity index (χ2n) is 11.7. The topological polar surface area (TPSA) is 29.5 Å². The molecule has 3 nitrogen and oxygen atoms in total. The van der Waals surface area contributed by atoms with Gasteiger partial charge < -0.3 is 4.74 Å². The van der Waals surface area contributed by atoms with Crippen LogP contribution in [0.5, 0.6) is 0 Å². The van der Waals surface area contributed by atoms with E-state index in [0.717, 1.165) is 6.42 Å². The van der Waals surface area contributed by atoms with Crippen LogP contribution in [0.4, 0.5) is 0 Å². The van der Waals surface area contributed by atoms with Crippen molar-refractivity contribution in [3.8, 4) is 0 Å². The van der Waals surface area contributed by atoms with Crippen molar-refractivity contribution in [2.24, 2.45) is 11.3 Å². The molecule has 2 aromatic rings. The van der Waals surface area contributed by atoms with E-state index in [1.54, 1.807) is 0 Å². The van der Waals surface area contributed by atoms with Crippen LogP contribution in [0.2, 0.25) is 0 Å². The minimum atomic E-state index is -0.487. The van der Waals surface area contributed by atoms with Gasteiger partial charge in [0.2, 0.25) is 0 Å². The molecule has 0 spiro atoms. The van der Waals surface area contributed by atoms with E-state index in [1.807, 2.05) is 20.8 Å². The summed E-state index contributed by atoms with van der Waals surface area (Å²) >= 11 is 0. The van der Waals surface area contributed by atoms with Crippen molar-refractivity contribution in [1.82, 2.24) is 4.90 Å². The molecule has 6 rings (SSSR count). The van der Waals surface area contributed by atoms with Gasteiger partial charge in [0.1, 0.15) is 6.10 Å². The van der Waals surface area contributed by atoms with Gasteiger partial charge in [-0.05, 0) is 82.5 Å². The first-order valence-electron chi connectivity index (χ1n) is 12.9. The Balaban J connectivity index is 1.60. The van der Waals surface area contributed by atoms with Crippen molar-refractivity contribution in [3.63, 3.8) is 0 Å². The number of nitrogens with zero attached hydrogens (tertiary/aromatic N) is 1. The van der Waals surface area contributed by atoms with Gasteiger partial charge in [0.25, 0.3) is 0 Å². The molecule has 1 saturated heterocycles. The molecule has 2 aromatic carbocycles. The normalized spacial score (nSPS) is 32.5. The predicted octanol–water partition coefficient (Wildman–Crippen LogP) is 6.55. The minimum absolute atomic E-state index is 0.0448. The highest BCUT2D eigenvalue weighted by atomic mass is 16.5. The molecule has 1 aliphatic heterocycles. The van der Waals surface area contributed by atoms with Crippen LogP contribution >= 0.6 is 0 Å². The fraction of sp³-hybridized carbons (Fsp3) is 0.567. The average molecular weight is 446 g/mol. The van der Waals surface area contributed by atoms with E-state index in [-0.39, 0.29) is 17.6 Å². The zero-order chi connectivity index (χ0) is 23.1. The molecule has 3 saturated carbocycles. The Morgan fingerprint density at radius 1 is 0.818 bits per heavy atom. The number of carbonyl (C=O) groups is 1. The van der Waals surface area contributed by atoms with E-state index in [0.29, 0.717) is 17.8 Å². The van der Waals surface area contributed by atoms with Crippen molar-refractivity contribution >= 4 is 5.97 Å². The maximum atomic E-state index is 13.1. The molecule has 0 N–H and O–H groups in total. The van der Waals surface area contributed by atoms with Crippen LogP contribution in [0, 0.1) is 11.3 Å². The van der Waals surface area contributed by atoms with Gasteiger partial charge in [0, 0.05) is 17.9 Å². The molecule has 0 amide bonds. The van der Waals surface area contributed by atoms with Gasteiger partial charge in [-0.25, -0.2) is 0 Å². The molecular weight excluding hydrogens is 406 g/mol. The minimum Gasteiger partial charge on any atom is -0.462 e. The SMILES string of the molecule is CC(C)(C)C(=O)OC1CC2(N3CCCCC3)CC(c3ccccc3)C1C(c1ccccc1)C2. The van der Waals surface area contributed by atoms with Gasteiger partial charge in [-0.2, -0.15) is 0 Å². The van der Waals surface area contributed by atoms with Crippen molar-refractivity contribution in [2.75, 3.05) is 13.1 Å². The predicted molar refractivity (Wildman–Crippen MR) is 133 cm³/mol. The van der Waals surface area contributed by atoms with Gasteiger partial charge in [0.15, 0.2) is 0 Å². The molecule has 33 heavy (non-hydrogen) atoms. The van der Waals surface area contributed by atoms with Crippen molar-refractivity contribution in [2.45, 2.75) is 82.8 Å². The first kappa shape index (κ1) is 22.7. The van der Waals surface area contributed by atoms with Crippen LogP contribution in [0.25, 0.3) is 0 Å². The number of likely N-dealkylation sites (tertiary alicyclic amines) is 1.